The Bertz CT molecular complexity index is 949. The second-order valence-corrected chi connectivity index (χ2v) is 5.60. The van der Waals surface area contributed by atoms with Gasteiger partial charge in [-0.15, -0.1) is 0 Å². The van der Waals surface area contributed by atoms with Crippen molar-refractivity contribution in [2.45, 2.75) is 0 Å². The lowest BCUT2D eigenvalue weighted by Crippen LogP contribution is -2.06. The maximum Gasteiger partial charge on any atom is 0.341 e. The fraction of sp³-hybridized carbons (Fsp3) is 0.200. The van der Waals surface area contributed by atoms with Crippen molar-refractivity contribution in [1.29, 1.82) is 0 Å². The second kappa shape index (κ2) is 7.82. The minimum atomic E-state index is -0.533. The van der Waals surface area contributed by atoms with Gasteiger partial charge in [-0.05, 0) is 18.2 Å². The van der Waals surface area contributed by atoms with Crippen molar-refractivity contribution in [3.63, 3.8) is 0 Å². The third-order valence-electron chi connectivity index (χ3n) is 4.09. The van der Waals surface area contributed by atoms with E-state index in [1.807, 2.05) is 24.3 Å². The van der Waals surface area contributed by atoms with Gasteiger partial charge in [0.15, 0.2) is 0 Å². The van der Waals surface area contributed by atoms with Crippen LogP contribution in [0.1, 0.15) is 11.4 Å². The van der Waals surface area contributed by atoms with Crippen LogP contribution in [0.2, 0.25) is 0 Å². The molecule has 0 saturated heterocycles. The molecule has 0 aliphatic carbocycles. The molecule has 0 radical (unpaired) electrons. The maximum atomic E-state index is 12.5. The zero-order chi connectivity index (χ0) is 19.4. The molecule has 3 rings (SSSR count). The van der Waals surface area contributed by atoms with E-state index in [1.165, 1.54) is 21.3 Å². The van der Waals surface area contributed by atoms with Crippen LogP contribution in [0.15, 0.2) is 36.4 Å². The van der Waals surface area contributed by atoms with E-state index in [0.717, 1.165) is 11.0 Å². The van der Waals surface area contributed by atoms with Crippen LogP contribution in [0.3, 0.4) is 0 Å². The number of para-hydroxylation sites is 2. The SMILES string of the molecule is COC(=O)C(=Cc1c(OC)cc(OC)cc1OC)c1nc2ccccc2[nH]1. The third-order valence-corrected chi connectivity index (χ3v) is 4.09. The molecular weight excluding hydrogens is 348 g/mol. The number of fused-ring (bicyclic) bond motifs is 1. The molecule has 7 heteroatoms. The molecule has 2 aromatic carbocycles. The van der Waals surface area contributed by atoms with Gasteiger partial charge in [0.1, 0.15) is 28.6 Å². The molecule has 27 heavy (non-hydrogen) atoms. The Hall–Kier alpha value is -3.48. The molecule has 1 aromatic heterocycles. The van der Waals surface area contributed by atoms with Crippen molar-refractivity contribution in [1.82, 2.24) is 9.97 Å². The molecule has 0 aliphatic heterocycles. The van der Waals surface area contributed by atoms with Crippen LogP contribution in [0, 0.1) is 0 Å². The maximum absolute atomic E-state index is 12.5. The summed E-state index contributed by atoms with van der Waals surface area (Å²) < 4.78 is 21.1. The first kappa shape index (κ1) is 18.3. The number of esters is 1. The van der Waals surface area contributed by atoms with Crippen molar-refractivity contribution in [3.8, 4) is 17.2 Å². The van der Waals surface area contributed by atoms with E-state index >= 15 is 0 Å². The molecule has 0 saturated carbocycles. The highest BCUT2D eigenvalue weighted by Crippen LogP contribution is 2.37. The lowest BCUT2D eigenvalue weighted by atomic mass is 10.1. The number of H-pyrrole nitrogens is 1. The van der Waals surface area contributed by atoms with Crippen molar-refractivity contribution < 1.29 is 23.7 Å². The minimum Gasteiger partial charge on any atom is -0.496 e. The number of hydrogen-bond donors (Lipinski definition) is 1. The van der Waals surface area contributed by atoms with Gasteiger partial charge in [-0.1, -0.05) is 12.1 Å². The summed E-state index contributed by atoms with van der Waals surface area (Å²) in [4.78, 5) is 20.1. The summed E-state index contributed by atoms with van der Waals surface area (Å²) in [5.41, 5.74) is 2.38. The van der Waals surface area contributed by atoms with E-state index in [-0.39, 0.29) is 5.57 Å². The number of aromatic nitrogens is 2. The highest BCUT2D eigenvalue weighted by atomic mass is 16.5. The van der Waals surface area contributed by atoms with E-state index < -0.39 is 5.97 Å². The first-order valence-corrected chi connectivity index (χ1v) is 8.16. The number of benzene rings is 2. The summed E-state index contributed by atoms with van der Waals surface area (Å²) in [6.45, 7) is 0. The number of aromatic amines is 1. The Morgan fingerprint density at radius 3 is 2.22 bits per heavy atom. The number of nitrogens with one attached hydrogen (secondary N) is 1. The minimum absolute atomic E-state index is 0.246. The molecule has 0 atom stereocenters. The van der Waals surface area contributed by atoms with E-state index in [0.29, 0.717) is 28.6 Å². The first-order valence-electron chi connectivity index (χ1n) is 8.16. The van der Waals surface area contributed by atoms with Gasteiger partial charge in [0, 0.05) is 12.1 Å². The van der Waals surface area contributed by atoms with Gasteiger partial charge in [0.05, 0.1) is 45.0 Å². The number of nitrogens with zero attached hydrogens (tertiary/aromatic N) is 1. The van der Waals surface area contributed by atoms with Crippen molar-refractivity contribution in [2.24, 2.45) is 0 Å². The van der Waals surface area contributed by atoms with Crippen LogP contribution in [-0.2, 0) is 9.53 Å². The quantitative estimate of drug-likeness (QED) is 0.531. The molecule has 140 valence electrons. The third kappa shape index (κ3) is 3.57. The monoisotopic (exact) mass is 368 g/mol. The van der Waals surface area contributed by atoms with Crippen LogP contribution in [0.25, 0.3) is 22.7 Å². The fourth-order valence-corrected chi connectivity index (χ4v) is 2.73. The highest BCUT2D eigenvalue weighted by molar-refractivity contribution is 6.21. The van der Waals surface area contributed by atoms with Crippen molar-refractivity contribution in [2.75, 3.05) is 28.4 Å². The Balaban J connectivity index is 2.21. The van der Waals surface area contributed by atoms with Gasteiger partial charge in [-0.25, -0.2) is 9.78 Å². The van der Waals surface area contributed by atoms with Crippen LogP contribution >= 0.6 is 0 Å². The summed E-state index contributed by atoms with van der Waals surface area (Å²) in [5, 5.41) is 0. The molecule has 1 N–H and O–H groups in total. The van der Waals surface area contributed by atoms with Gasteiger partial charge in [-0.2, -0.15) is 0 Å². The lowest BCUT2D eigenvalue weighted by molar-refractivity contribution is -0.133. The van der Waals surface area contributed by atoms with Crippen LogP contribution in [0.5, 0.6) is 17.2 Å². The number of rotatable bonds is 6. The van der Waals surface area contributed by atoms with E-state index in [2.05, 4.69) is 9.97 Å². The molecule has 0 aliphatic rings. The molecule has 0 unspecified atom stereocenters. The zero-order valence-electron chi connectivity index (χ0n) is 15.5. The van der Waals surface area contributed by atoms with Gasteiger partial charge in [-0.3, -0.25) is 0 Å². The molecule has 1 heterocycles. The molecule has 7 nitrogen and oxygen atoms in total. The summed E-state index contributed by atoms with van der Waals surface area (Å²) in [7, 11) is 5.94. The van der Waals surface area contributed by atoms with E-state index in [9.17, 15) is 4.79 Å². The van der Waals surface area contributed by atoms with Gasteiger partial charge in [0.2, 0.25) is 0 Å². The smallest absolute Gasteiger partial charge is 0.341 e. The highest BCUT2D eigenvalue weighted by Gasteiger charge is 2.20. The average molecular weight is 368 g/mol. The normalized spacial score (nSPS) is 11.3. The summed E-state index contributed by atoms with van der Waals surface area (Å²) >= 11 is 0. The van der Waals surface area contributed by atoms with Crippen molar-refractivity contribution >= 4 is 28.7 Å². The summed E-state index contributed by atoms with van der Waals surface area (Å²) in [6.07, 6.45) is 1.63. The Morgan fingerprint density at radius 1 is 1.00 bits per heavy atom. The van der Waals surface area contributed by atoms with E-state index in [4.69, 9.17) is 18.9 Å². The molecule has 0 bridgehead atoms. The average Bonchev–Trinajstić information content (AvgIpc) is 3.14. The summed E-state index contributed by atoms with van der Waals surface area (Å²) in [6, 6.07) is 10.9. The van der Waals surface area contributed by atoms with Crippen LogP contribution in [0.4, 0.5) is 0 Å². The number of carbonyl (C=O) groups is 1. The van der Waals surface area contributed by atoms with Gasteiger partial charge in [0.25, 0.3) is 0 Å². The molecule has 0 fully saturated rings. The number of hydrogen-bond acceptors (Lipinski definition) is 6. The van der Waals surface area contributed by atoms with Crippen molar-refractivity contribution in [3.05, 3.63) is 47.8 Å². The molecule has 0 spiro atoms. The Kier molecular flexibility index (Phi) is 5.30. The molecule has 0 amide bonds. The topological polar surface area (TPSA) is 82.7 Å². The number of methoxy groups -OCH3 is 4. The second-order valence-electron chi connectivity index (χ2n) is 5.60. The molecular formula is C20H20N2O5. The summed E-state index contributed by atoms with van der Waals surface area (Å²) in [5.74, 6) is 1.41. The number of carbonyl (C=O) groups excluding carboxylic acids is 1. The Morgan fingerprint density at radius 2 is 1.67 bits per heavy atom. The Labute approximate surface area is 156 Å². The fourth-order valence-electron chi connectivity index (χ4n) is 2.73. The van der Waals surface area contributed by atoms with E-state index in [1.54, 1.807) is 25.3 Å². The molecule has 3 aromatic rings. The predicted molar refractivity (Wildman–Crippen MR) is 102 cm³/mol. The standard InChI is InChI=1S/C20H20N2O5/c1-24-12-9-17(25-2)13(18(10-12)26-3)11-14(20(23)27-4)19-21-15-7-5-6-8-16(15)22-19/h5-11H,1-4H3,(H,21,22). The number of ether oxygens (including phenoxy) is 4. The van der Waals surface area contributed by atoms with Crippen LogP contribution in [-0.4, -0.2) is 44.4 Å². The van der Waals surface area contributed by atoms with Crippen LogP contribution < -0.4 is 14.2 Å². The zero-order valence-corrected chi connectivity index (χ0v) is 15.5. The predicted octanol–water partition coefficient (Wildman–Crippen LogP) is 3.30. The first-order chi connectivity index (χ1) is 13.1. The lowest BCUT2D eigenvalue weighted by Gasteiger charge is -2.13. The van der Waals surface area contributed by atoms with Gasteiger partial charge >= 0.3 is 5.97 Å². The van der Waals surface area contributed by atoms with Gasteiger partial charge < -0.3 is 23.9 Å². The largest absolute Gasteiger partial charge is 0.496 e. The number of imidazole rings is 1.